The lowest BCUT2D eigenvalue weighted by atomic mass is 10.2. The fraction of sp³-hybridized carbons (Fsp3) is 0.200. The molecule has 4 aromatic rings. The molecular formula is C15H14N6OS. The molecule has 0 aliphatic carbocycles. The Labute approximate surface area is 135 Å². The summed E-state index contributed by atoms with van der Waals surface area (Å²) >= 11 is 1.69. The van der Waals surface area contributed by atoms with Crippen LogP contribution in [0.4, 0.5) is 0 Å². The molecule has 0 spiro atoms. The number of nitrogens with one attached hydrogen (secondary N) is 1. The Kier molecular flexibility index (Phi) is 3.19. The van der Waals surface area contributed by atoms with Crippen molar-refractivity contribution in [3.8, 4) is 11.4 Å². The van der Waals surface area contributed by atoms with E-state index in [2.05, 4.69) is 27.1 Å². The van der Waals surface area contributed by atoms with Gasteiger partial charge in [0.25, 0.3) is 0 Å². The second-order valence-electron chi connectivity index (χ2n) is 5.12. The van der Waals surface area contributed by atoms with Crippen molar-refractivity contribution in [1.29, 1.82) is 0 Å². The van der Waals surface area contributed by atoms with E-state index in [0.29, 0.717) is 11.5 Å². The van der Waals surface area contributed by atoms with Crippen LogP contribution in [0.15, 0.2) is 40.3 Å². The van der Waals surface area contributed by atoms with Gasteiger partial charge >= 0.3 is 5.69 Å². The number of rotatable bonds is 3. The van der Waals surface area contributed by atoms with Gasteiger partial charge in [-0.3, -0.25) is 4.68 Å². The molecule has 3 aromatic heterocycles. The van der Waals surface area contributed by atoms with Gasteiger partial charge in [-0.25, -0.2) is 9.78 Å². The summed E-state index contributed by atoms with van der Waals surface area (Å²) in [6, 6.07) is 5.92. The van der Waals surface area contributed by atoms with Crippen molar-refractivity contribution in [3.05, 3.63) is 41.1 Å². The summed E-state index contributed by atoms with van der Waals surface area (Å²) in [5.41, 5.74) is 1.85. The Balaban J connectivity index is 2.04. The van der Waals surface area contributed by atoms with E-state index in [0.717, 1.165) is 27.1 Å². The molecule has 0 aliphatic rings. The number of hydrogen-bond donors (Lipinski definition) is 1. The van der Waals surface area contributed by atoms with Crippen LogP contribution in [0.5, 0.6) is 0 Å². The summed E-state index contributed by atoms with van der Waals surface area (Å²) < 4.78 is 2.99. The standard InChI is InChI=1S/C15H14N6OS/c1-3-23-11-6-4-5-10-12(11)17-15(22)21-14(10)18-13(19-21)9-7-16-20(2)8-9/h4-8H,3H2,1-2H3,(H,17,22). The normalized spacial score (nSPS) is 11.6. The van der Waals surface area contributed by atoms with E-state index < -0.39 is 0 Å². The monoisotopic (exact) mass is 326 g/mol. The maximum Gasteiger partial charge on any atom is 0.348 e. The minimum atomic E-state index is -0.292. The summed E-state index contributed by atoms with van der Waals surface area (Å²) in [6.45, 7) is 2.08. The van der Waals surface area contributed by atoms with Gasteiger partial charge in [-0.1, -0.05) is 13.0 Å². The molecule has 0 aliphatic heterocycles. The van der Waals surface area contributed by atoms with Gasteiger partial charge in [0, 0.05) is 23.5 Å². The summed E-state index contributed by atoms with van der Waals surface area (Å²) in [7, 11) is 1.83. The second kappa shape index (κ2) is 5.24. The molecule has 0 fully saturated rings. The van der Waals surface area contributed by atoms with E-state index in [4.69, 9.17) is 0 Å². The fourth-order valence-corrected chi connectivity index (χ4v) is 3.36. The molecule has 0 unspecified atom stereocenters. The number of benzene rings is 1. The molecule has 1 N–H and O–H groups in total. The number of hydrogen-bond acceptors (Lipinski definition) is 5. The van der Waals surface area contributed by atoms with E-state index in [1.165, 1.54) is 4.52 Å². The van der Waals surface area contributed by atoms with Crippen molar-refractivity contribution < 1.29 is 0 Å². The minimum Gasteiger partial charge on any atom is -0.304 e. The van der Waals surface area contributed by atoms with Crippen molar-refractivity contribution in [2.75, 3.05) is 5.75 Å². The van der Waals surface area contributed by atoms with E-state index >= 15 is 0 Å². The van der Waals surface area contributed by atoms with E-state index in [-0.39, 0.29) is 5.69 Å². The number of para-hydroxylation sites is 1. The van der Waals surface area contributed by atoms with Crippen LogP contribution in [0.3, 0.4) is 0 Å². The zero-order valence-corrected chi connectivity index (χ0v) is 13.5. The third-order valence-corrected chi connectivity index (χ3v) is 4.50. The highest BCUT2D eigenvalue weighted by molar-refractivity contribution is 7.99. The SMILES string of the molecule is CCSc1cccc2c1[nH]c(=O)n1nc(-c3cnn(C)c3)nc21. The van der Waals surface area contributed by atoms with Crippen LogP contribution < -0.4 is 5.69 Å². The first-order valence-corrected chi connectivity index (χ1v) is 8.19. The van der Waals surface area contributed by atoms with Crippen molar-refractivity contribution in [2.45, 2.75) is 11.8 Å². The Hall–Kier alpha value is -2.61. The first-order chi connectivity index (χ1) is 11.2. The van der Waals surface area contributed by atoms with Crippen LogP contribution in [0.2, 0.25) is 0 Å². The zero-order chi connectivity index (χ0) is 16.0. The first-order valence-electron chi connectivity index (χ1n) is 7.21. The molecular weight excluding hydrogens is 312 g/mol. The molecule has 0 atom stereocenters. The van der Waals surface area contributed by atoms with Crippen LogP contribution in [0.1, 0.15) is 6.92 Å². The van der Waals surface area contributed by atoms with Gasteiger partial charge in [0.05, 0.1) is 17.3 Å². The van der Waals surface area contributed by atoms with Crippen molar-refractivity contribution >= 4 is 28.3 Å². The Morgan fingerprint density at radius 3 is 2.96 bits per heavy atom. The lowest BCUT2D eigenvalue weighted by Crippen LogP contribution is -2.17. The third-order valence-electron chi connectivity index (χ3n) is 3.56. The van der Waals surface area contributed by atoms with E-state index in [1.54, 1.807) is 22.6 Å². The Bertz CT molecular complexity index is 1080. The van der Waals surface area contributed by atoms with E-state index in [1.807, 2.05) is 31.4 Å². The van der Waals surface area contributed by atoms with Gasteiger partial charge in [0.15, 0.2) is 11.5 Å². The van der Waals surface area contributed by atoms with Crippen LogP contribution >= 0.6 is 11.8 Å². The number of fused-ring (bicyclic) bond motifs is 3. The first kappa shape index (κ1) is 14.0. The molecule has 0 radical (unpaired) electrons. The van der Waals surface area contributed by atoms with E-state index in [9.17, 15) is 4.79 Å². The van der Waals surface area contributed by atoms with Gasteiger partial charge in [-0.15, -0.1) is 16.9 Å². The third kappa shape index (κ3) is 2.22. The highest BCUT2D eigenvalue weighted by atomic mass is 32.2. The summed E-state index contributed by atoms with van der Waals surface area (Å²) in [5, 5.41) is 9.33. The number of aryl methyl sites for hydroxylation is 1. The predicted octanol–water partition coefficient (Wildman–Crippen LogP) is 2.08. The Morgan fingerprint density at radius 2 is 2.22 bits per heavy atom. The topological polar surface area (TPSA) is 80.9 Å². The van der Waals surface area contributed by atoms with Crippen LogP contribution in [-0.2, 0) is 7.05 Å². The lowest BCUT2D eigenvalue weighted by molar-refractivity contribution is 0.768. The summed E-state index contributed by atoms with van der Waals surface area (Å²) in [6.07, 6.45) is 3.51. The quantitative estimate of drug-likeness (QED) is 0.583. The van der Waals surface area contributed by atoms with Crippen LogP contribution in [0.25, 0.3) is 27.9 Å². The van der Waals surface area contributed by atoms with Crippen molar-refractivity contribution in [2.24, 2.45) is 7.05 Å². The maximum absolute atomic E-state index is 12.4. The molecule has 8 heteroatoms. The van der Waals surface area contributed by atoms with Gasteiger partial charge in [0.1, 0.15) is 0 Å². The number of thioether (sulfide) groups is 1. The molecule has 7 nitrogen and oxygen atoms in total. The zero-order valence-electron chi connectivity index (χ0n) is 12.6. The fourth-order valence-electron chi connectivity index (χ4n) is 2.57. The van der Waals surface area contributed by atoms with Crippen molar-refractivity contribution in [3.63, 3.8) is 0 Å². The van der Waals surface area contributed by atoms with Gasteiger partial charge in [-0.2, -0.15) is 9.61 Å². The molecule has 3 heterocycles. The Morgan fingerprint density at radius 1 is 1.35 bits per heavy atom. The van der Waals surface area contributed by atoms with Gasteiger partial charge in [-0.05, 0) is 17.9 Å². The summed E-state index contributed by atoms with van der Waals surface area (Å²) in [4.78, 5) is 20.9. The lowest BCUT2D eigenvalue weighted by Gasteiger charge is -2.04. The molecule has 0 saturated carbocycles. The average Bonchev–Trinajstić information content (AvgIpc) is 3.15. The molecule has 1 aromatic carbocycles. The highest BCUT2D eigenvalue weighted by Crippen LogP contribution is 2.27. The molecule has 0 amide bonds. The maximum atomic E-state index is 12.4. The van der Waals surface area contributed by atoms with Gasteiger partial charge in [0.2, 0.25) is 0 Å². The second-order valence-corrected chi connectivity index (χ2v) is 6.42. The predicted molar refractivity (Wildman–Crippen MR) is 89.7 cm³/mol. The average molecular weight is 326 g/mol. The number of aromatic nitrogens is 6. The largest absolute Gasteiger partial charge is 0.348 e. The highest BCUT2D eigenvalue weighted by Gasteiger charge is 2.14. The number of aromatic amines is 1. The molecule has 0 bridgehead atoms. The smallest absolute Gasteiger partial charge is 0.304 e. The molecule has 0 saturated heterocycles. The molecule has 23 heavy (non-hydrogen) atoms. The summed E-state index contributed by atoms with van der Waals surface area (Å²) in [5.74, 6) is 1.42. The van der Waals surface area contributed by atoms with Gasteiger partial charge < -0.3 is 4.98 Å². The molecule has 116 valence electrons. The minimum absolute atomic E-state index is 0.292. The van der Waals surface area contributed by atoms with Crippen LogP contribution in [0, 0.1) is 0 Å². The van der Waals surface area contributed by atoms with Crippen molar-refractivity contribution in [1.82, 2.24) is 29.4 Å². The van der Waals surface area contributed by atoms with Crippen LogP contribution in [-0.4, -0.2) is 35.1 Å². The number of H-pyrrole nitrogens is 1. The molecule has 4 rings (SSSR count). The number of nitrogens with zero attached hydrogens (tertiary/aromatic N) is 5.